The van der Waals surface area contributed by atoms with Crippen molar-refractivity contribution >= 4 is 29.9 Å². The van der Waals surface area contributed by atoms with Crippen LogP contribution in [0, 0.1) is 5.92 Å². The number of piperazine rings is 1. The van der Waals surface area contributed by atoms with E-state index in [0.29, 0.717) is 0 Å². The molecule has 0 bridgehead atoms. The first-order valence-electron chi connectivity index (χ1n) is 10.2. The van der Waals surface area contributed by atoms with E-state index in [0.717, 1.165) is 77.2 Å². The van der Waals surface area contributed by atoms with Crippen LogP contribution in [0.1, 0.15) is 31.7 Å². The number of aliphatic imine (C=N–C) groups is 1. The monoisotopic (exact) mass is 485 g/mol. The Bertz CT molecular complexity index is 549. The van der Waals surface area contributed by atoms with E-state index in [9.17, 15) is 0 Å². The summed E-state index contributed by atoms with van der Waals surface area (Å²) in [6.45, 7) is 12.2. The van der Waals surface area contributed by atoms with Gasteiger partial charge in [0.05, 0.1) is 0 Å². The Balaban J connectivity index is 0.00000261. The summed E-state index contributed by atoms with van der Waals surface area (Å²) in [7, 11) is 0. The number of nitrogens with two attached hydrogens (primary N) is 1. The van der Waals surface area contributed by atoms with Crippen LogP contribution in [0.4, 0.5) is 0 Å². The minimum absolute atomic E-state index is 0. The quantitative estimate of drug-likeness (QED) is 0.292. The van der Waals surface area contributed by atoms with Crippen LogP contribution in [-0.4, -0.2) is 73.0 Å². The van der Waals surface area contributed by atoms with Crippen LogP contribution in [-0.2, 0) is 6.54 Å². The van der Waals surface area contributed by atoms with Crippen molar-refractivity contribution in [1.82, 2.24) is 14.7 Å². The predicted octanol–water partition coefficient (Wildman–Crippen LogP) is 2.86. The summed E-state index contributed by atoms with van der Waals surface area (Å²) >= 11 is 0. The molecular formula is C21H36IN5. The van der Waals surface area contributed by atoms with E-state index >= 15 is 0 Å². The molecule has 2 aliphatic heterocycles. The van der Waals surface area contributed by atoms with Gasteiger partial charge in [-0.1, -0.05) is 37.3 Å². The van der Waals surface area contributed by atoms with Crippen molar-refractivity contribution in [2.75, 3.05) is 52.4 Å². The smallest absolute Gasteiger partial charge is 0.191 e. The molecular weight excluding hydrogens is 449 g/mol. The highest BCUT2D eigenvalue weighted by atomic mass is 127. The van der Waals surface area contributed by atoms with Crippen molar-refractivity contribution in [3.8, 4) is 0 Å². The van der Waals surface area contributed by atoms with Gasteiger partial charge in [0.15, 0.2) is 5.96 Å². The Kier molecular flexibility index (Phi) is 9.86. The minimum Gasteiger partial charge on any atom is -0.370 e. The maximum atomic E-state index is 6.16. The molecule has 152 valence electrons. The lowest BCUT2D eigenvalue weighted by molar-refractivity contribution is 0.127. The summed E-state index contributed by atoms with van der Waals surface area (Å²) in [4.78, 5) is 12.0. The zero-order chi connectivity index (χ0) is 18.2. The molecule has 0 saturated carbocycles. The number of hydrogen-bond acceptors (Lipinski definition) is 3. The van der Waals surface area contributed by atoms with Gasteiger partial charge >= 0.3 is 0 Å². The number of halogens is 1. The molecule has 0 radical (unpaired) electrons. The molecule has 2 N–H and O–H groups in total. The van der Waals surface area contributed by atoms with E-state index in [-0.39, 0.29) is 24.0 Å². The lowest BCUT2D eigenvalue weighted by Crippen LogP contribution is -2.46. The Hall–Kier alpha value is -0.860. The third-order valence-corrected chi connectivity index (χ3v) is 5.73. The van der Waals surface area contributed by atoms with Crippen LogP contribution in [0.3, 0.4) is 0 Å². The largest absolute Gasteiger partial charge is 0.370 e. The fourth-order valence-corrected chi connectivity index (χ4v) is 3.84. The first-order chi connectivity index (χ1) is 12.7. The molecule has 6 heteroatoms. The van der Waals surface area contributed by atoms with Crippen molar-refractivity contribution in [3.63, 3.8) is 0 Å². The first kappa shape index (κ1) is 22.4. The summed E-state index contributed by atoms with van der Waals surface area (Å²) in [5.74, 6) is 1.59. The Morgan fingerprint density at radius 2 is 1.63 bits per heavy atom. The van der Waals surface area contributed by atoms with Crippen molar-refractivity contribution in [2.24, 2.45) is 16.6 Å². The average Bonchev–Trinajstić information content (AvgIpc) is 2.68. The highest BCUT2D eigenvalue weighted by molar-refractivity contribution is 14.0. The summed E-state index contributed by atoms with van der Waals surface area (Å²) in [6, 6.07) is 10.8. The molecule has 0 aromatic heterocycles. The second-order valence-corrected chi connectivity index (χ2v) is 7.87. The third kappa shape index (κ3) is 7.58. The van der Waals surface area contributed by atoms with E-state index in [1.54, 1.807) is 0 Å². The summed E-state index contributed by atoms with van der Waals surface area (Å²) in [6.07, 6.45) is 3.58. The molecule has 2 saturated heterocycles. The molecule has 1 aromatic rings. The van der Waals surface area contributed by atoms with E-state index in [2.05, 4.69) is 56.9 Å². The molecule has 0 atom stereocenters. The van der Waals surface area contributed by atoms with Gasteiger partial charge in [0, 0.05) is 58.9 Å². The van der Waals surface area contributed by atoms with Gasteiger partial charge in [-0.25, -0.2) is 0 Å². The lowest BCUT2D eigenvalue weighted by atomic mass is 10.00. The van der Waals surface area contributed by atoms with E-state index in [1.807, 2.05) is 0 Å². The Labute approximate surface area is 182 Å². The number of rotatable bonds is 6. The molecule has 0 spiro atoms. The average molecular weight is 485 g/mol. The highest BCUT2D eigenvalue weighted by Crippen LogP contribution is 2.15. The van der Waals surface area contributed by atoms with E-state index in [1.165, 1.54) is 18.4 Å². The lowest BCUT2D eigenvalue weighted by Gasteiger charge is -2.34. The van der Waals surface area contributed by atoms with Crippen LogP contribution in [0.5, 0.6) is 0 Å². The predicted molar refractivity (Wildman–Crippen MR) is 125 cm³/mol. The second kappa shape index (κ2) is 11.9. The molecule has 2 heterocycles. The fraction of sp³-hybridized carbons (Fsp3) is 0.667. The summed E-state index contributed by atoms with van der Waals surface area (Å²) in [5, 5.41) is 0. The van der Waals surface area contributed by atoms with Gasteiger partial charge in [-0.3, -0.25) is 9.89 Å². The normalized spacial score (nSPS) is 20.5. The summed E-state index contributed by atoms with van der Waals surface area (Å²) in [5.41, 5.74) is 7.57. The first-order valence-corrected chi connectivity index (χ1v) is 10.2. The molecule has 2 aliphatic rings. The topological polar surface area (TPSA) is 48.1 Å². The van der Waals surface area contributed by atoms with Crippen molar-refractivity contribution in [1.29, 1.82) is 0 Å². The molecule has 0 amide bonds. The maximum Gasteiger partial charge on any atom is 0.191 e. The van der Waals surface area contributed by atoms with Gasteiger partial charge in [0.1, 0.15) is 0 Å². The molecule has 27 heavy (non-hydrogen) atoms. The molecule has 2 fully saturated rings. The number of piperidine rings is 1. The Morgan fingerprint density at radius 1 is 1.00 bits per heavy atom. The molecule has 5 nitrogen and oxygen atoms in total. The van der Waals surface area contributed by atoms with Crippen molar-refractivity contribution in [2.45, 2.75) is 32.7 Å². The number of guanidine groups is 1. The van der Waals surface area contributed by atoms with Crippen LogP contribution >= 0.6 is 24.0 Å². The van der Waals surface area contributed by atoms with Gasteiger partial charge in [0.2, 0.25) is 0 Å². The number of benzene rings is 1. The third-order valence-electron chi connectivity index (χ3n) is 5.73. The number of hydrogen-bond donors (Lipinski definition) is 1. The van der Waals surface area contributed by atoms with Crippen molar-refractivity contribution < 1.29 is 0 Å². The number of likely N-dealkylation sites (tertiary alicyclic amines) is 1. The molecule has 0 unspecified atom stereocenters. The zero-order valence-electron chi connectivity index (χ0n) is 16.7. The maximum absolute atomic E-state index is 6.16. The Morgan fingerprint density at radius 3 is 2.30 bits per heavy atom. The van der Waals surface area contributed by atoms with E-state index < -0.39 is 0 Å². The van der Waals surface area contributed by atoms with Crippen molar-refractivity contribution in [3.05, 3.63) is 35.9 Å². The fourth-order valence-electron chi connectivity index (χ4n) is 3.84. The van der Waals surface area contributed by atoms with Crippen LogP contribution in [0.2, 0.25) is 0 Å². The minimum atomic E-state index is 0. The molecule has 3 rings (SSSR count). The van der Waals surface area contributed by atoms with E-state index in [4.69, 9.17) is 5.73 Å². The standard InChI is InChI=1S/C21H35N5.HI/c1-19-8-12-26(13-9-19)21(22)23-10-5-11-24-14-16-25(17-15-24)18-20-6-3-2-4-7-20;/h2-4,6-7,19H,5,8-18H2,1H3,(H2,22,23);1H. The highest BCUT2D eigenvalue weighted by Gasteiger charge is 2.18. The zero-order valence-corrected chi connectivity index (χ0v) is 19.1. The van der Waals surface area contributed by atoms with Gasteiger partial charge in [-0.15, -0.1) is 24.0 Å². The molecule has 0 aliphatic carbocycles. The number of nitrogens with zero attached hydrogens (tertiary/aromatic N) is 4. The molecule has 1 aromatic carbocycles. The van der Waals surface area contributed by atoms with Gasteiger partial charge in [0.25, 0.3) is 0 Å². The van der Waals surface area contributed by atoms with Crippen LogP contribution < -0.4 is 5.73 Å². The second-order valence-electron chi connectivity index (χ2n) is 7.87. The van der Waals surface area contributed by atoms with Crippen LogP contribution in [0.25, 0.3) is 0 Å². The van der Waals surface area contributed by atoms with Gasteiger partial charge < -0.3 is 15.5 Å². The summed E-state index contributed by atoms with van der Waals surface area (Å²) < 4.78 is 0. The van der Waals surface area contributed by atoms with Gasteiger partial charge in [-0.2, -0.15) is 0 Å². The van der Waals surface area contributed by atoms with Crippen LogP contribution in [0.15, 0.2) is 35.3 Å². The van der Waals surface area contributed by atoms with Gasteiger partial charge in [-0.05, 0) is 30.7 Å². The SMILES string of the molecule is CC1CCN(C(N)=NCCCN2CCN(Cc3ccccc3)CC2)CC1.I.